The molecule has 6 heteroatoms. The first-order chi connectivity index (χ1) is 8.21. The first-order valence-electron chi connectivity index (χ1n) is 6.21. The summed E-state index contributed by atoms with van der Waals surface area (Å²) in [5.74, 6) is -1.97. The first-order valence-corrected chi connectivity index (χ1v) is 6.21. The van der Waals surface area contributed by atoms with Gasteiger partial charge in [-0.3, -0.25) is 4.79 Å². The third-order valence-electron chi connectivity index (χ3n) is 3.62. The van der Waals surface area contributed by atoms with E-state index in [1.807, 2.05) is 0 Å². The number of nitrogens with two attached hydrogens (primary N) is 1. The van der Waals surface area contributed by atoms with E-state index in [4.69, 9.17) is 10.5 Å². The van der Waals surface area contributed by atoms with Crippen molar-refractivity contribution < 1.29 is 22.7 Å². The molecule has 1 rings (SSSR count). The van der Waals surface area contributed by atoms with Crippen LogP contribution in [0.3, 0.4) is 0 Å². The molecule has 0 aromatic carbocycles. The Kier molecular flexibility index (Phi) is 5.01. The zero-order valence-corrected chi connectivity index (χ0v) is 10.7. The average molecular weight is 267 g/mol. The van der Waals surface area contributed by atoms with E-state index in [1.165, 1.54) is 6.92 Å². The topological polar surface area (TPSA) is 52.3 Å². The summed E-state index contributed by atoms with van der Waals surface area (Å²) < 4.78 is 42.9. The highest BCUT2D eigenvalue weighted by Gasteiger charge is 2.43. The van der Waals surface area contributed by atoms with Gasteiger partial charge in [0.15, 0.2) is 0 Å². The van der Waals surface area contributed by atoms with Crippen LogP contribution in [0.5, 0.6) is 0 Å². The molecule has 0 amide bonds. The summed E-state index contributed by atoms with van der Waals surface area (Å²) in [6, 6.07) is -0.529. The van der Waals surface area contributed by atoms with E-state index < -0.39 is 30.2 Å². The van der Waals surface area contributed by atoms with Gasteiger partial charge in [0.05, 0.1) is 5.92 Å². The molecule has 1 aliphatic rings. The van der Waals surface area contributed by atoms with E-state index in [0.29, 0.717) is 12.8 Å². The first kappa shape index (κ1) is 15.3. The highest BCUT2D eigenvalue weighted by molar-refractivity contribution is 5.66. The second-order valence-corrected chi connectivity index (χ2v) is 5.06. The van der Waals surface area contributed by atoms with Gasteiger partial charge in [-0.1, -0.05) is 6.42 Å². The van der Waals surface area contributed by atoms with Crippen molar-refractivity contribution in [1.29, 1.82) is 0 Å². The zero-order valence-electron chi connectivity index (χ0n) is 10.7. The number of carbonyl (C=O) groups is 1. The van der Waals surface area contributed by atoms with Crippen LogP contribution in [0.2, 0.25) is 0 Å². The summed E-state index contributed by atoms with van der Waals surface area (Å²) in [4.78, 5) is 10.8. The van der Waals surface area contributed by atoms with Gasteiger partial charge in [-0.05, 0) is 32.1 Å². The summed E-state index contributed by atoms with van der Waals surface area (Å²) in [6.07, 6.45) is -3.29. The van der Waals surface area contributed by atoms with Gasteiger partial charge in [-0.25, -0.2) is 0 Å². The molecule has 0 aromatic heterocycles. The fraction of sp³-hybridized carbons (Fsp3) is 0.917. The van der Waals surface area contributed by atoms with Gasteiger partial charge >= 0.3 is 12.1 Å². The lowest BCUT2D eigenvalue weighted by molar-refractivity contribution is -0.187. The van der Waals surface area contributed by atoms with Gasteiger partial charge < -0.3 is 10.5 Å². The number of esters is 1. The highest BCUT2D eigenvalue weighted by atomic mass is 19.4. The van der Waals surface area contributed by atoms with Gasteiger partial charge in [0.25, 0.3) is 0 Å². The zero-order chi connectivity index (χ0) is 13.9. The summed E-state index contributed by atoms with van der Waals surface area (Å²) in [5, 5.41) is 0. The van der Waals surface area contributed by atoms with E-state index >= 15 is 0 Å². The van der Waals surface area contributed by atoms with Crippen molar-refractivity contribution in [3.8, 4) is 0 Å². The molecular weight excluding hydrogens is 247 g/mol. The molecule has 0 aromatic rings. The average Bonchev–Trinajstić information content (AvgIpc) is 2.26. The van der Waals surface area contributed by atoms with Crippen LogP contribution in [0.15, 0.2) is 0 Å². The second kappa shape index (κ2) is 5.91. The van der Waals surface area contributed by atoms with Crippen molar-refractivity contribution in [2.75, 3.05) is 0 Å². The summed E-state index contributed by atoms with van der Waals surface area (Å²) >= 11 is 0. The molecule has 0 radical (unpaired) electrons. The molecule has 1 saturated carbocycles. The summed E-state index contributed by atoms with van der Waals surface area (Å²) in [5.41, 5.74) is 5.90. The number of carbonyl (C=O) groups excluding carboxylic acids is 1. The number of hydrogen-bond donors (Lipinski definition) is 1. The monoisotopic (exact) mass is 267 g/mol. The summed E-state index contributed by atoms with van der Waals surface area (Å²) in [6.45, 7) is 2.89. The number of alkyl halides is 3. The maximum atomic E-state index is 12.7. The smallest absolute Gasteiger partial charge is 0.391 e. The van der Waals surface area contributed by atoms with Crippen molar-refractivity contribution in [2.45, 2.75) is 57.9 Å². The van der Waals surface area contributed by atoms with Crippen LogP contribution in [0, 0.1) is 11.8 Å². The third-order valence-corrected chi connectivity index (χ3v) is 3.62. The largest absolute Gasteiger partial charge is 0.461 e. The number of ether oxygens (including phenoxy) is 1. The molecule has 0 heterocycles. The van der Waals surface area contributed by atoms with E-state index in [0.717, 1.165) is 0 Å². The van der Waals surface area contributed by atoms with E-state index in [1.54, 1.807) is 6.92 Å². The van der Waals surface area contributed by atoms with E-state index in [2.05, 4.69) is 0 Å². The van der Waals surface area contributed by atoms with Crippen molar-refractivity contribution in [3.05, 3.63) is 0 Å². The lowest BCUT2D eigenvalue weighted by Gasteiger charge is -2.35. The fourth-order valence-corrected chi connectivity index (χ4v) is 2.60. The molecule has 0 spiro atoms. The molecule has 0 bridgehead atoms. The Morgan fingerprint density at radius 1 is 1.39 bits per heavy atom. The Hall–Kier alpha value is -0.780. The lowest BCUT2D eigenvalue weighted by atomic mass is 9.76. The van der Waals surface area contributed by atoms with Gasteiger partial charge in [-0.2, -0.15) is 13.2 Å². The minimum absolute atomic E-state index is 0.0380. The molecule has 1 aliphatic carbocycles. The molecule has 0 aliphatic heterocycles. The summed E-state index contributed by atoms with van der Waals surface area (Å²) in [7, 11) is 0. The van der Waals surface area contributed by atoms with Crippen molar-refractivity contribution in [1.82, 2.24) is 0 Å². The minimum Gasteiger partial charge on any atom is -0.461 e. The van der Waals surface area contributed by atoms with Gasteiger partial charge in [0, 0.05) is 13.0 Å². The van der Waals surface area contributed by atoms with E-state index in [-0.39, 0.29) is 18.8 Å². The second-order valence-electron chi connectivity index (χ2n) is 5.06. The third kappa shape index (κ3) is 4.15. The Morgan fingerprint density at radius 3 is 2.50 bits per heavy atom. The number of hydrogen-bond acceptors (Lipinski definition) is 3. The van der Waals surface area contributed by atoms with Crippen LogP contribution in [-0.4, -0.2) is 24.3 Å². The predicted molar refractivity (Wildman–Crippen MR) is 60.7 cm³/mol. The molecule has 18 heavy (non-hydrogen) atoms. The van der Waals surface area contributed by atoms with Crippen molar-refractivity contribution in [2.24, 2.45) is 17.6 Å². The van der Waals surface area contributed by atoms with Crippen LogP contribution in [0.25, 0.3) is 0 Å². The molecule has 2 N–H and O–H groups in total. The maximum Gasteiger partial charge on any atom is 0.391 e. The van der Waals surface area contributed by atoms with Crippen LogP contribution in [-0.2, 0) is 9.53 Å². The molecule has 4 unspecified atom stereocenters. The van der Waals surface area contributed by atoms with Crippen LogP contribution < -0.4 is 5.73 Å². The normalized spacial score (nSPS) is 28.6. The van der Waals surface area contributed by atoms with Crippen molar-refractivity contribution >= 4 is 5.97 Å². The fourth-order valence-electron chi connectivity index (χ4n) is 2.60. The number of halogens is 3. The van der Waals surface area contributed by atoms with Crippen LogP contribution in [0.1, 0.15) is 39.5 Å². The molecular formula is C12H20F3NO2. The molecule has 106 valence electrons. The van der Waals surface area contributed by atoms with Gasteiger partial charge in [0.2, 0.25) is 0 Å². The SMILES string of the molecule is CC(=O)OC(C)C(N)C1CCCC(C(F)(F)F)C1. The quantitative estimate of drug-likeness (QED) is 0.800. The highest BCUT2D eigenvalue weighted by Crippen LogP contribution is 2.41. The minimum atomic E-state index is -4.15. The van der Waals surface area contributed by atoms with Gasteiger partial charge in [-0.15, -0.1) is 0 Å². The van der Waals surface area contributed by atoms with Crippen LogP contribution >= 0.6 is 0 Å². The van der Waals surface area contributed by atoms with Gasteiger partial charge in [0.1, 0.15) is 6.10 Å². The maximum absolute atomic E-state index is 12.7. The van der Waals surface area contributed by atoms with Crippen LogP contribution in [0.4, 0.5) is 13.2 Å². The molecule has 4 atom stereocenters. The lowest BCUT2D eigenvalue weighted by Crippen LogP contribution is -2.45. The number of rotatable bonds is 3. The molecule has 3 nitrogen and oxygen atoms in total. The Labute approximate surface area is 105 Å². The van der Waals surface area contributed by atoms with E-state index in [9.17, 15) is 18.0 Å². The Morgan fingerprint density at radius 2 is 2.00 bits per heavy atom. The standard InChI is InChI=1S/C12H20F3NO2/c1-7(18-8(2)17)11(16)9-4-3-5-10(6-9)12(13,14)15/h7,9-11H,3-6,16H2,1-2H3. The molecule has 1 fully saturated rings. The van der Waals surface area contributed by atoms with Crippen molar-refractivity contribution in [3.63, 3.8) is 0 Å². The Balaban J connectivity index is 2.58. The molecule has 0 saturated heterocycles. The predicted octanol–water partition coefficient (Wildman–Crippen LogP) is 2.63. The Bertz CT molecular complexity index is 294.